The third-order valence-electron chi connectivity index (χ3n) is 5.40. The molecule has 3 aromatic rings. The highest BCUT2D eigenvalue weighted by molar-refractivity contribution is 5.76. The van der Waals surface area contributed by atoms with Gasteiger partial charge >= 0.3 is 12.1 Å². The lowest BCUT2D eigenvalue weighted by molar-refractivity contribution is -0.385. The highest BCUT2D eigenvalue weighted by atomic mass is 19.4. The molecule has 3 rings (SSSR count). The number of halogens is 3. The number of rotatable bonds is 10. The van der Waals surface area contributed by atoms with Crippen LogP contribution in [0.1, 0.15) is 30.5 Å². The first-order valence-corrected chi connectivity index (χ1v) is 10.9. The molecule has 0 unspecified atom stereocenters. The van der Waals surface area contributed by atoms with Gasteiger partial charge in [0.05, 0.1) is 10.5 Å². The van der Waals surface area contributed by atoms with Gasteiger partial charge in [0.2, 0.25) is 0 Å². The number of alkyl halides is 3. The summed E-state index contributed by atoms with van der Waals surface area (Å²) in [5, 5.41) is 20.2. The predicted molar refractivity (Wildman–Crippen MR) is 126 cm³/mol. The van der Waals surface area contributed by atoms with Crippen LogP contribution < -0.4 is 9.64 Å². The van der Waals surface area contributed by atoms with E-state index in [4.69, 9.17) is 4.74 Å². The van der Waals surface area contributed by atoms with Crippen LogP contribution >= 0.6 is 0 Å². The number of aromatic nitrogens is 1. The lowest BCUT2D eigenvalue weighted by Gasteiger charge is -2.24. The zero-order chi connectivity index (χ0) is 26.5. The fraction of sp³-hybridized carbons (Fsp3) is 0.280. The Morgan fingerprint density at radius 1 is 1.03 bits per heavy atom. The molecule has 1 N–H and O–H groups in total. The summed E-state index contributed by atoms with van der Waals surface area (Å²) >= 11 is 0. The van der Waals surface area contributed by atoms with Gasteiger partial charge in [0.1, 0.15) is 17.8 Å². The molecular formula is C25H24F3N3O5. The van der Waals surface area contributed by atoms with Crippen molar-refractivity contribution >= 4 is 17.5 Å². The maximum absolute atomic E-state index is 12.9. The molecule has 0 aliphatic carbocycles. The number of benzene rings is 2. The molecule has 8 nitrogen and oxygen atoms in total. The van der Waals surface area contributed by atoms with Gasteiger partial charge < -0.3 is 14.7 Å². The fourth-order valence-corrected chi connectivity index (χ4v) is 3.29. The summed E-state index contributed by atoms with van der Waals surface area (Å²) in [5.41, 5.74) is -0.799. The molecule has 190 valence electrons. The minimum Gasteiger partial charge on any atom is -0.478 e. The number of nitro groups is 1. The van der Waals surface area contributed by atoms with Crippen molar-refractivity contribution in [2.75, 3.05) is 11.4 Å². The molecule has 0 aliphatic heterocycles. The van der Waals surface area contributed by atoms with Crippen molar-refractivity contribution in [3.63, 3.8) is 0 Å². The lowest BCUT2D eigenvalue weighted by Crippen LogP contribution is -2.37. The van der Waals surface area contributed by atoms with E-state index in [9.17, 15) is 33.2 Å². The number of anilines is 1. The van der Waals surface area contributed by atoms with E-state index in [0.717, 1.165) is 23.9 Å². The van der Waals surface area contributed by atoms with E-state index in [1.54, 1.807) is 24.3 Å². The average Bonchev–Trinajstić information content (AvgIpc) is 2.82. The van der Waals surface area contributed by atoms with Crippen LogP contribution in [0.15, 0.2) is 66.9 Å². The van der Waals surface area contributed by atoms with Crippen molar-refractivity contribution < 1.29 is 32.7 Å². The van der Waals surface area contributed by atoms with Crippen LogP contribution in [0.25, 0.3) is 0 Å². The molecule has 0 saturated carbocycles. The van der Waals surface area contributed by atoms with E-state index < -0.39 is 28.2 Å². The van der Waals surface area contributed by atoms with E-state index >= 15 is 0 Å². The van der Waals surface area contributed by atoms with Crippen molar-refractivity contribution in [1.29, 1.82) is 0 Å². The van der Waals surface area contributed by atoms with Crippen LogP contribution in [-0.4, -0.2) is 33.1 Å². The summed E-state index contributed by atoms with van der Waals surface area (Å²) in [7, 11) is 0. The van der Waals surface area contributed by atoms with E-state index in [-0.39, 0.29) is 12.2 Å². The fourth-order valence-electron chi connectivity index (χ4n) is 3.29. The lowest BCUT2D eigenvalue weighted by atomic mass is 10.1. The molecule has 0 atom stereocenters. The normalized spacial score (nSPS) is 11.7. The van der Waals surface area contributed by atoms with Crippen LogP contribution in [0.4, 0.5) is 24.7 Å². The number of aliphatic carboxylic acids is 1. The second-order valence-corrected chi connectivity index (χ2v) is 8.56. The molecule has 36 heavy (non-hydrogen) atoms. The van der Waals surface area contributed by atoms with Gasteiger partial charge in [-0.1, -0.05) is 24.3 Å². The number of nitrogens with zero attached hydrogens (tertiary/aromatic N) is 3. The maximum atomic E-state index is 12.9. The zero-order valence-electron chi connectivity index (χ0n) is 19.5. The molecule has 0 bridgehead atoms. The molecule has 1 heterocycles. The average molecular weight is 503 g/mol. The Morgan fingerprint density at radius 2 is 1.64 bits per heavy atom. The van der Waals surface area contributed by atoms with Crippen LogP contribution in [0.3, 0.4) is 0 Å². The third kappa shape index (κ3) is 6.94. The third-order valence-corrected chi connectivity index (χ3v) is 5.40. The van der Waals surface area contributed by atoms with Crippen molar-refractivity contribution in [2.24, 2.45) is 0 Å². The molecule has 0 spiro atoms. The number of carbonyl (C=O) groups is 1. The molecule has 2 aromatic carbocycles. The number of hydrogen-bond acceptors (Lipinski definition) is 6. The molecular weight excluding hydrogens is 479 g/mol. The number of hydrogen-bond donors (Lipinski definition) is 1. The number of pyridine rings is 1. The number of carboxylic acids is 1. The topological polar surface area (TPSA) is 106 Å². The Labute approximate surface area is 205 Å². The second-order valence-electron chi connectivity index (χ2n) is 8.56. The highest BCUT2D eigenvalue weighted by Gasteiger charge is 2.30. The van der Waals surface area contributed by atoms with Gasteiger partial charge in [-0.15, -0.1) is 0 Å². The van der Waals surface area contributed by atoms with E-state index in [2.05, 4.69) is 4.98 Å². The summed E-state index contributed by atoms with van der Waals surface area (Å²) in [6.07, 6.45) is -2.79. The molecule has 1 aromatic heterocycles. The quantitative estimate of drug-likeness (QED) is 0.288. The van der Waals surface area contributed by atoms with E-state index in [0.29, 0.717) is 30.1 Å². The molecule has 0 amide bonds. The SMILES string of the molecule is CC(C)(Oc1ccc(CCN(Cc2ccc(C(F)(F)F)cc2)c2ccc([N+](=O)[O-])cn2)cc1)C(=O)O. The molecule has 0 aliphatic rings. The van der Waals surface area contributed by atoms with Crippen LogP contribution in [0.5, 0.6) is 5.75 Å². The van der Waals surface area contributed by atoms with Gasteiger partial charge in [-0.25, -0.2) is 9.78 Å². The monoisotopic (exact) mass is 503 g/mol. The van der Waals surface area contributed by atoms with Gasteiger partial charge in [0.25, 0.3) is 5.69 Å². The minimum absolute atomic E-state index is 0.173. The summed E-state index contributed by atoms with van der Waals surface area (Å²) in [6.45, 7) is 3.53. The smallest absolute Gasteiger partial charge is 0.416 e. The molecule has 11 heteroatoms. The highest BCUT2D eigenvalue weighted by Crippen LogP contribution is 2.29. The van der Waals surface area contributed by atoms with Gasteiger partial charge in [0, 0.05) is 19.2 Å². The summed E-state index contributed by atoms with van der Waals surface area (Å²) in [6, 6.07) is 14.5. The van der Waals surface area contributed by atoms with Gasteiger partial charge in [-0.3, -0.25) is 10.1 Å². The van der Waals surface area contributed by atoms with Crippen LogP contribution in [-0.2, 0) is 23.9 Å². The Hall–Kier alpha value is -4.15. The maximum Gasteiger partial charge on any atom is 0.416 e. The summed E-state index contributed by atoms with van der Waals surface area (Å²) < 4.78 is 44.2. The van der Waals surface area contributed by atoms with Crippen LogP contribution in [0.2, 0.25) is 0 Å². The zero-order valence-corrected chi connectivity index (χ0v) is 19.5. The first-order chi connectivity index (χ1) is 16.8. The minimum atomic E-state index is -4.44. The van der Waals surface area contributed by atoms with Gasteiger partial charge in [-0.2, -0.15) is 13.2 Å². The first kappa shape index (κ1) is 26.5. The second kappa shape index (κ2) is 10.6. The van der Waals surface area contributed by atoms with Crippen LogP contribution in [0, 0.1) is 10.1 Å². The standard InChI is InChI=1S/C25H24F3N3O5/c1-24(2,23(32)33)36-21-10-5-17(6-11-21)13-14-30(22-12-9-20(15-29-22)31(34)35)16-18-3-7-19(8-4-18)25(26,27)28/h3-12,15H,13-14,16H2,1-2H3,(H,32,33). The largest absolute Gasteiger partial charge is 0.478 e. The van der Waals surface area contributed by atoms with Crippen molar-refractivity contribution in [3.05, 3.63) is 93.7 Å². The van der Waals surface area contributed by atoms with E-state index in [1.165, 1.54) is 38.1 Å². The molecule has 0 saturated heterocycles. The number of carboxylic acid groups (broad SMARTS) is 1. The first-order valence-electron chi connectivity index (χ1n) is 10.9. The predicted octanol–water partition coefficient (Wildman–Crippen LogP) is 5.50. The summed E-state index contributed by atoms with van der Waals surface area (Å²) in [4.78, 5) is 27.6. The van der Waals surface area contributed by atoms with Crippen molar-refractivity contribution in [2.45, 2.75) is 38.6 Å². The van der Waals surface area contributed by atoms with Crippen molar-refractivity contribution in [3.8, 4) is 5.75 Å². The van der Waals surface area contributed by atoms with Gasteiger partial charge in [0.15, 0.2) is 5.60 Å². The van der Waals surface area contributed by atoms with E-state index in [1.807, 2.05) is 4.90 Å². The van der Waals surface area contributed by atoms with Gasteiger partial charge in [-0.05, 0) is 61.7 Å². The Kier molecular flexibility index (Phi) is 7.81. The summed E-state index contributed by atoms with van der Waals surface area (Å²) in [5.74, 6) is -0.269. The number of ether oxygens (including phenoxy) is 1. The Balaban J connectivity index is 1.76. The Bertz CT molecular complexity index is 1200. The molecule has 0 fully saturated rings. The Morgan fingerprint density at radius 3 is 2.14 bits per heavy atom. The molecule has 0 radical (unpaired) electrons. The van der Waals surface area contributed by atoms with Crippen molar-refractivity contribution in [1.82, 2.24) is 4.98 Å².